The highest BCUT2D eigenvalue weighted by Gasteiger charge is 2.22. The second kappa shape index (κ2) is 6.21. The van der Waals surface area contributed by atoms with Crippen molar-refractivity contribution < 1.29 is 8.42 Å². The van der Waals surface area contributed by atoms with Crippen LogP contribution >= 0.6 is 24.0 Å². The van der Waals surface area contributed by atoms with Crippen molar-refractivity contribution in [3.8, 4) is 0 Å². The van der Waals surface area contributed by atoms with Crippen LogP contribution in [0.5, 0.6) is 0 Å². The van der Waals surface area contributed by atoms with Crippen LogP contribution in [0.2, 0.25) is 0 Å². The third kappa shape index (κ3) is 3.92. The van der Waals surface area contributed by atoms with Crippen molar-refractivity contribution in [2.24, 2.45) is 5.73 Å². The van der Waals surface area contributed by atoms with E-state index in [0.717, 1.165) is 24.3 Å². The van der Waals surface area contributed by atoms with E-state index in [-0.39, 0.29) is 15.9 Å². The van der Waals surface area contributed by atoms with E-state index in [2.05, 4.69) is 4.72 Å². The third-order valence-electron chi connectivity index (χ3n) is 2.91. The average Bonchev–Trinajstić information content (AvgIpc) is 2.39. The summed E-state index contributed by atoms with van der Waals surface area (Å²) in [6, 6.07) is 6.44. The van der Waals surface area contributed by atoms with Gasteiger partial charge in [-0.15, -0.1) is 0 Å². The summed E-state index contributed by atoms with van der Waals surface area (Å²) in [4.78, 5) is 0.415. The molecular weight excluding hydrogens is 300 g/mol. The molecule has 0 aliphatic carbocycles. The van der Waals surface area contributed by atoms with Crippen molar-refractivity contribution >= 4 is 39.0 Å². The lowest BCUT2D eigenvalue weighted by molar-refractivity contribution is 0.543. The smallest absolute Gasteiger partial charge is 0.240 e. The van der Waals surface area contributed by atoms with E-state index >= 15 is 0 Å². The molecule has 2 rings (SSSR count). The van der Waals surface area contributed by atoms with E-state index in [1.54, 1.807) is 30.0 Å². The molecule has 1 heterocycles. The summed E-state index contributed by atoms with van der Waals surface area (Å²) in [5.41, 5.74) is 6.09. The molecule has 7 heteroatoms. The fourth-order valence-electron chi connectivity index (χ4n) is 1.94. The van der Waals surface area contributed by atoms with Gasteiger partial charge in [-0.05, 0) is 30.7 Å². The molecular formula is C12H16N2O2S3. The lowest BCUT2D eigenvalue weighted by Gasteiger charge is -2.22. The second-order valence-corrected chi connectivity index (χ2v) is 7.73. The van der Waals surface area contributed by atoms with Crippen LogP contribution in [-0.2, 0) is 10.0 Å². The van der Waals surface area contributed by atoms with Crippen LogP contribution in [0.4, 0.5) is 0 Å². The first-order valence-electron chi connectivity index (χ1n) is 5.99. The highest BCUT2D eigenvalue weighted by atomic mass is 32.2. The maximum atomic E-state index is 12.3. The Bertz CT molecular complexity index is 566. The van der Waals surface area contributed by atoms with E-state index < -0.39 is 10.0 Å². The molecule has 1 aliphatic heterocycles. The fraction of sp³-hybridized carbons (Fsp3) is 0.417. The molecule has 4 nitrogen and oxygen atoms in total. The zero-order valence-electron chi connectivity index (χ0n) is 10.3. The number of rotatable bonds is 4. The maximum absolute atomic E-state index is 12.3. The SMILES string of the molecule is NC(=S)c1cccc(S(=O)(=O)NC2CCCSC2)c1. The summed E-state index contributed by atoms with van der Waals surface area (Å²) in [7, 11) is -3.49. The number of nitrogens with two attached hydrogens (primary N) is 1. The topological polar surface area (TPSA) is 72.2 Å². The van der Waals surface area contributed by atoms with Crippen molar-refractivity contribution in [1.29, 1.82) is 0 Å². The molecule has 1 fully saturated rings. The van der Waals surface area contributed by atoms with Crippen LogP contribution < -0.4 is 10.5 Å². The largest absolute Gasteiger partial charge is 0.389 e. The van der Waals surface area contributed by atoms with E-state index in [1.165, 1.54) is 6.07 Å². The lowest BCUT2D eigenvalue weighted by Crippen LogP contribution is -2.38. The molecule has 0 saturated carbocycles. The molecule has 1 aliphatic rings. The summed E-state index contributed by atoms with van der Waals surface area (Å²) in [6.07, 6.45) is 1.94. The Hall–Kier alpha value is -0.630. The minimum atomic E-state index is -3.49. The van der Waals surface area contributed by atoms with Crippen LogP contribution in [-0.4, -0.2) is 31.0 Å². The molecule has 1 saturated heterocycles. The predicted octanol–water partition coefficient (Wildman–Crippen LogP) is 1.49. The normalized spacial score (nSPS) is 20.1. The zero-order chi connectivity index (χ0) is 13.9. The van der Waals surface area contributed by atoms with Crippen LogP contribution in [0, 0.1) is 0 Å². The molecule has 1 aromatic rings. The van der Waals surface area contributed by atoms with Gasteiger partial charge in [0.2, 0.25) is 10.0 Å². The maximum Gasteiger partial charge on any atom is 0.240 e. The molecule has 1 unspecified atom stereocenters. The van der Waals surface area contributed by atoms with Crippen LogP contribution in [0.1, 0.15) is 18.4 Å². The first-order valence-corrected chi connectivity index (χ1v) is 9.03. The van der Waals surface area contributed by atoms with Crippen LogP contribution in [0.15, 0.2) is 29.2 Å². The van der Waals surface area contributed by atoms with Crippen molar-refractivity contribution in [2.45, 2.75) is 23.8 Å². The summed E-state index contributed by atoms with van der Waals surface area (Å²) in [5, 5.41) is 0. The van der Waals surface area contributed by atoms with Gasteiger partial charge >= 0.3 is 0 Å². The summed E-state index contributed by atoms with van der Waals surface area (Å²) >= 11 is 6.64. The molecule has 3 N–H and O–H groups in total. The Kier molecular flexibility index (Phi) is 4.83. The summed E-state index contributed by atoms with van der Waals surface area (Å²) < 4.78 is 27.3. The van der Waals surface area contributed by atoms with Gasteiger partial charge in [0, 0.05) is 17.4 Å². The second-order valence-electron chi connectivity index (χ2n) is 4.43. The fourth-order valence-corrected chi connectivity index (χ4v) is 4.56. The molecule has 19 heavy (non-hydrogen) atoms. The van der Waals surface area contributed by atoms with Gasteiger partial charge in [0.05, 0.1) is 4.90 Å². The van der Waals surface area contributed by atoms with E-state index in [4.69, 9.17) is 18.0 Å². The van der Waals surface area contributed by atoms with Gasteiger partial charge in [0.1, 0.15) is 4.99 Å². The standard InChI is InChI=1S/C12H16N2O2S3/c13-12(17)9-3-1-5-11(7-9)19(15,16)14-10-4-2-6-18-8-10/h1,3,5,7,10,14H,2,4,6,8H2,(H2,13,17). The molecule has 0 amide bonds. The first kappa shape index (κ1) is 14.8. The molecule has 0 radical (unpaired) electrons. The van der Waals surface area contributed by atoms with Gasteiger partial charge in [0.15, 0.2) is 0 Å². The van der Waals surface area contributed by atoms with Crippen molar-refractivity contribution in [3.63, 3.8) is 0 Å². The van der Waals surface area contributed by atoms with E-state index in [0.29, 0.717) is 5.56 Å². The Morgan fingerprint density at radius 3 is 2.89 bits per heavy atom. The highest BCUT2D eigenvalue weighted by Crippen LogP contribution is 2.19. The predicted molar refractivity (Wildman–Crippen MR) is 83.0 cm³/mol. The van der Waals surface area contributed by atoms with Gasteiger partial charge in [0.25, 0.3) is 0 Å². The average molecular weight is 316 g/mol. The first-order chi connectivity index (χ1) is 8.99. The monoisotopic (exact) mass is 316 g/mol. The number of nitrogens with one attached hydrogen (secondary N) is 1. The van der Waals surface area contributed by atoms with Gasteiger partial charge < -0.3 is 5.73 Å². The molecule has 1 aromatic carbocycles. The van der Waals surface area contributed by atoms with E-state index in [9.17, 15) is 8.42 Å². The number of sulfonamides is 1. The van der Waals surface area contributed by atoms with Crippen LogP contribution in [0.25, 0.3) is 0 Å². The molecule has 1 atom stereocenters. The molecule has 0 aromatic heterocycles. The van der Waals surface area contributed by atoms with E-state index in [1.807, 2.05) is 0 Å². The summed E-state index contributed by atoms with van der Waals surface area (Å²) in [5.74, 6) is 1.93. The number of hydrogen-bond acceptors (Lipinski definition) is 4. The lowest BCUT2D eigenvalue weighted by atomic mass is 10.2. The quantitative estimate of drug-likeness (QED) is 0.824. The number of benzene rings is 1. The summed E-state index contributed by atoms with van der Waals surface area (Å²) in [6.45, 7) is 0. The molecule has 0 spiro atoms. The zero-order valence-corrected chi connectivity index (χ0v) is 12.8. The Morgan fingerprint density at radius 1 is 1.47 bits per heavy atom. The Labute approximate surface area is 123 Å². The van der Waals surface area contributed by atoms with Crippen LogP contribution in [0.3, 0.4) is 0 Å². The molecule has 0 bridgehead atoms. The number of hydrogen-bond donors (Lipinski definition) is 2. The van der Waals surface area contributed by atoms with Gasteiger partial charge in [-0.2, -0.15) is 11.8 Å². The van der Waals surface area contributed by atoms with Crippen molar-refractivity contribution in [1.82, 2.24) is 4.72 Å². The minimum absolute atomic E-state index is 0.0113. The van der Waals surface area contributed by atoms with Gasteiger partial charge in [-0.25, -0.2) is 13.1 Å². The Morgan fingerprint density at radius 2 is 2.26 bits per heavy atom. The van der Waals surface area contributed by atoms with Gasteiger partial charge in [-0.3, -0.25) is 0 Å². The Balaban J connectivity index is 2.18. The molecule has 104 valence electrons. The number of thiocarbonyl (C=S) groups is 1. The minimum Gasteiger partial charge on any atom is -0.389 e. The highest BCUT2D eigenvalue weighted by molar-refractivity contribution is 7.99. The van der Waals surface area contributed by atoms with Crippen molar-refractivity contribution in [2.75, 3.05) is 11.5 Å². The number of thioether (sulfide) groups is 1. The van der Waals surface area contributed by atoms with Crippen molar-refractivity contribution in [3.05, 3.63) is 29.8 Å². The van der Waals surface area contributed by atoms with Gasteiger partial charge in [-0.1, -0.05) is 24.4 Å². The third-order valence-corrected chi connectivity index (χ3v) is 5.88.